The van der Waals surface area contributed by atoms with E-state index >= 15 is 0 Å². The van der Waals surface area contributed by atoms with Crippen molar-refractivity contribution in [2.75, 3.05) is 0 Å². The lowest BCUT2D eigenvalue weighted by atomic mass is 10.0. The molecule has 2 aromatic heterocycles. The Hall–Kier alpha value is -6.36. The molecule has 0 radical (unpaired) electrons. The standard InChI is InChI=1S/2C21H10O4S/c2*1-9-6-7-12-13(8-9)17(23)15-14-16(22)10-4-2-3-5-11(10)18(24)20(14)26-21(15)19(12)25/h2*2-8H,1H3. The Morgan fingerprint density at radius 1 is 0.308 bits per heavy atom. The molecule has 0 aliphatic rings. The summed E-state index contributed by atoms with van der Waals surface area (Å²) in [7, 11) is 0. The predicted octanol–water partition coefficient (Wildman–Crippen LogP) is 5.97. The third-order valence-electron chi connectivity index (χ3n) is 9.71. The SMILES string of the molecule is Cc1ccc2c(=O)c3sc4c(=O)c5ccccc5c(=O)c4c3c(=O)c2c1.Cc1ccc2c(=O)c3sc4c(=O)c5ccccc5c(=O)c4c3c(=O)c2c1. The highest BCUT2D eigenvalue weighted by Gasteiger charge is 2.23. The van der Waals surface area contributed by atoms with E-state index in [0.717, 1.165) is 33.8 Å². The first-order valence-electron chi connectivity index (χ1n) is 16.1. The molecule has 0 saturated carbocycles. The molecule has 0 aliphatic heterocycles. The van der Waals surface area contributed by atoms with E-state index in [4.69, 9.17) is 0 Å². The van der Waals surface area contributed by atoms with Gasteiger partial charge in [0.15, 0.2) is 21.7 Å². The maximum absolute atomic E-state index is 13.1. The number of rotatable bonds is 0. The van der Waals surface area contributed by atoms with E-state index in [1.807, 2.05) is 13.8 Å². The summed E-state index contributed by atoms with van der Waals surface area (Å²) in [6.45, 7) is 3.67. The molecule has 0 fully saturated rings. The van der Waals surface area contributed by atoms with Crippen LogP contribution >= 0.6 is 22.7 Å². The van der Waals surface area contributed by atoms with Crippen LogP contribution in [-0.4, -0.2) is 0 Å². The average Bonchev–Trinajstić information content (AvgIpc) is 3.76. The van der Waals surface area contributed by atoms with Gasteiger partial charge >= 0.3 is 0 Å². The van der Waals surface area contributed by atoms with E-state index in [2.05, 4.69) is 0 Å². The molecule has 0 bridgehead atoms. The molecule has 0 saturated heterocycles. The number of hydrogen-bond acceptors (Lipinski definition) is 10. The molecule has 10 rings (SSSR count). The molecular weight excluding hydrogens is 697 g/mol. The van der Waals surface area contributed by atoms with E-state index in [1.54, 1.807) is 84.9 Å². The fraction of sp³-hybridized carbons (Fsp3) is 0.0476. The Morgan fingerprint density at radius 2 is 0.558 bits per heavy atom. The van der Waals surface area contributed by atoms with E-state index in [9.17, 15) is 38.4 Å². The Balaban J connectivity index is 0.000000138. The summed E-state index contributed by atoms with van der Waals surface area (Å²) in [5, 5.41) is 2.76. The summed E-state index contributed by atoms with van der Waals surface area (Å²) < 4.78 is 0.742. The fourth-order valence-corrected chi connectivity index (χ4v) is 9.65. The van der Waals surface area contributed by atoms with Crippen LogP contribution in [0.2, 0.25) is 0 Å². The van der Waals surface area contributed by atoms with Crippen LogP contribution < -0.4 is 43.4 Å². The first kappa shape index (κ1) is 31.6. The smallest absolute Gasteiger partial charge is 0.204 e. The van der Waals surface area contributed by atoms with Crippen molar-refractivity contribution in [3.8, 4) is 0 Å². The van der Waals surface area contributed by atoms with Gasteiger partial charge in [0.1, 0.15) is 0 Å². The highest BCUT2D eigenvalue weighted by Crippen LogP contribution is 2.30. The first-order chi connectivity index (χ1) is 25.0. The lowest BCUT2D eigenvalue weighted by molar-refractivity contribution is 1.50. The van der Waals surface area contributed by atoms with Crippen LogP contribution in [0, 0.1) is 13.8 Å². The van der Waals surface area contributed by atoms with Crippen molar-refractivity contribution in [3.05, 3.63) is 178 Å². The van der Waals surface area contributed by atoms with Crippen LogP contribution in [0.3, 0.4) is 0 Å². The molecular formula is C42H20O8S2. The van der Waals surface area contributed by atoms with Gasteiger partial charge in [0, 0.05) is 43.1 Å². The molecule has 10 aromatic rings. The average molecular weight is 717 g/mol. The zero-order chi connectivity index (χ0) is 36.3. The molecule has 0 spiro atoms. The highest BCUT2D eigenvalue weighted by molar-refractivity contribution is 7.26. The second-order valence-electron chi connectivity index (χ2n) is 12.8. The molecule has 0 unspecified atom stereocenters. The quantitative estimate of drug-likeness (QED) is 0.187. The lowest BCUT2D eigenvalue weighted by Crippen LogP contribution is -2.15. The van der Waals surface area contributed by atoms with Crippen LogP contribution in [0.5, 0.6) is 0 Å². The van der Waals surface area contributed by atoms with Crippen molar-refractivity contribution >= 4 is 106 Å². The summed E-state index contributed by atoms with van der Waals surface area (Å²) in [4.78, 5) is 104. The van der Waals surface area contributed by atoms with Gasteiger partial charge in [-0.3, -0.25) is 38.4 Å². The first-order valence-corrected chi connectivity index (χ1v) is 17.7. The molecule has 0 aliphatic carbocycles. The van der Waals surface area contributed by atoms with Crippen molar-refractivity contribution in [2.24, 2.45) is 0 Å². The molecule has 8 aromatic carbocycles. The summed E-state index contributed by atoms with van der Waals surface area (Å²) in [6, 6.07) is 23.2. The second kappa shape index (κ2) is 11.1. The minimum atomic E-state index is -0.370. The molecule has 0 N–H and O–H groups in total. The maximum Gasteiger partial charge on any atom is 0.204 e. The summed E-state index contributed by atoms with van der Waals surface area (Å²) in [5.74, 6) is 0. The van der Waals surface area contributed by atoms with E-state index < -0.39 is 0 Å². The van der Waals surface area contributed by atoms with Gasteiger partial charge in [-0.15, -0.1) is 22.7 Å². The Labute approximate surface area is 296 Å². The van der Waals surface area contributed by atoms with E-state index in [-0.39, 0.29) is 94.5 Å². The molecule has 52 heavy (non-hydrogen) atoms. The Morgan fingerprint density at radius 3 is 0.865 bits per heavy atom. The van der Waals surface area contributed by atoms with Crippen LogP contribution in [0.4, 0.5) is 0 Å². The van der Waals surface area contributed by atoms with Gasteiger partial charge in [-0.1, -0.05) is 71.8 Å². The number of fused-ring (bicyclic) bond motifs is 10. The van der Waals surface area contributed by atoms with Crippen molar-refractivity contribution in [3.63, 3.8) is 0 Å². The van der Waals surface area contributed by atoms with Gasteiger partial charge in [0.05, 0.1) is 40.3 Å². The summed E-state index contributed by atoms with van der Waals surface area (Å²) in [5.41, 5.74) is -0.999. The van der Waals surface area contributed by atoms with Gasteiger partial charge < -0.3 is 0 Å². The number of benzene rings is 8. The van der Waals surface area contributed by atoms with Crippen molar-refractivity contribution in [2.45, 2.75) is 13.8 Å². The number of hydrogen-bond donors (Lipinski definition) is 0. The molecule has 0 atom stereocenters. The van der Waals surface area contributed by atoms with E-state index in [0.29, 0.717) is 32.3 Å². The zero-order valence-corrected chi connectivity index (χ0v) is 28.8. The number of aryl methyl sites for hydroxylation is 2. The molecule has 8 nitrogen and oxygen atoms in total. The van der Waals surface area contributed by atoms with Gasteiger partial charge in [-0.05, 0) is 38.1 Å². The molecule has 10 heteroatoms. The highest BCUT2D eigenvalue weighted by atomic mass is 32.1. The van der Waals surface area contributed by atoms with Gasteiger partial charge in [-0.2, -0.15) is 0 Å². The third kappa shape index (κ3) is 4.19. The number of thiophene rings is 2. The monoisotopic (exact) mass is 716 g/mol. The van der Waals surface area contributed by atoms with Crippen molar-refractivity contribution in [1.82, 2.24) is 0 Å². The van der Waals surface area contributed by atoms with Crippen LogP contribution in [-0.2, 0) is 0 Å². The summed E-state index contributed by atoms with van der Waals surface area (Å²) >= 11 is 1.90. The molecule has 2 heterocycles. The van der Waals surface area contributed by atoms with Crippen LogP contribution in [0.15, 0.2) is 123 Å². The minimum absolute atomic E-state index is 0.0826. The van der Waals surface area contributed by atoms with Crippen LogP contribution in [0.1, 0.15) is 11.1 Å². The van der Waals surface area contributed by atoms with Gasteiger partial charge in [-0.25, -0.2) is 0 Å². The zero-order valence-electron chi connectivity index (χ0n) is 27.2. The van der Waals surface area contributed by atoms with Crippen molar-refractivity contribution in [1.29, 1.82) is 0 Å². The van der Waals surface area contributed by atoms with Crippen LogP contribution in [0.25, 0.3) is 83.4 Å². The van der Waals surface area contributed by atoms with E-state index in [1.165, 1.54) is 0 Å². The minimum Gasteiger partial charge on any atom is -0.289 e. The fourth-order valence-electron chi connectivity index (χ4n) is 7.24. The third-order valence-corrected chi connectivity index (χ3v) is 12.1. The second-order valence-corrected chi connectivity index (χ2v) is 14.9. The van der Waals surface area contributed by atoms with Gasteiger partial charge in [0.2, 0.25) is 21.7 Å². The summed E-state index contributed by atoms with van der Waals surface area (Å²) in [6.07, 6.45) is 0. The Kier molecular flexibility index (Phi) is 6.73. The maximum atomic E-state index is 13.1. The lowest BCUT2D eigenvalue weighted by Gasteiger charge is -1.99. The normalized spacial score (nSPS) is 11.9. The van der Waals surface area contributed by atoms with Crippen molar-refractivity contribution < 1.29 is 0 Å². The Bertz CT molecular complexity index is 3480. The topological polar surface area (TPSA) is 137 Å². The predicted molar refractivity (Wildman–Crippen MR) is 213 cm³/mol. The molecule has 0 amide bonds. The van der Waals surface area contributed by atoms with Gasteiger partial charge in [0.25, 0.3) is 0 Å². The largest absolute Gasteiger partial charge is 0.289 e. The molecule has 248 valence electrons.